The van der Waals surface area contributed by atoms with Gasteiger partial charge < -0.3 is 9.84 Å². The predicted molar refractivity (Wildman–Crippen MR) is 49.0 cm³/mol. The Bertz CT molecular complexity index is 115. The number of hydrogen-bond donors (Lipinski definition) is 1. The molecule has 2 atom stereocenters. The maximum absolute atomic E-state index is 8.60. The fraction of sp³-hybridized carbons (Fsp3) is 1.00. The van der Waals surface area contributed by atoms with E-state index in [-0.39, 0.29) is 6.61 Å². The fourth-order valence-electron chi connectivity index (χ4n) is 2.23. The maximum atomic E-state index is 8.60. The van der Waals surface area contributed by atoms with E-state index in [9.17, 15) is 0 Å². The lowest BCUT2D eigenvalue weighted by molar-refractivity contribution is -0.0139. The Morgan fingerprint density at radius 2 is 1.75 bits per heavy atom. The van der Waals surface area contributed by atoms with Crippen molar-refractivity contribution in [2.45, 2.75) is 39.2 Å². The van der Waals surface area contributed by atoms with E-state index in [1.54, 1.807) is 0 Å². The second-order valence-corrected chi connectivity index (χ2v) is 4.13. The molecule has 0 aromatic carbocycles. The van der Waals surface area contributed by atoms with Crippen molar-refractivity contribution >= 4 is 0 Å². The van der Waals surface area contributed by atoms with Crippen LogP contribution in [-0.2, 0) is 4.74 Å². The molecule has 0 spiro atoms. The molecule has 2 unspecified atom stereocenters. The lowest BCUT2D eigenvalue weighted by atomic mass is 9.82. The Morgan fingerprint density at radius 1 is 1.17 bits per heavy atom. The van der Waals surface area contributed by atoms with Crippen LogP contribution in [0.2, 0.25) is 0 Å². The molecule has 1 aliphatic rings. The smallest absolute Gasteiger partial charge is 0.0701 e. The summed E-state index contributed by atoms with van der Waals surface area (Å²) in [5, 5.41) is 8.60. The average molecular weight is 172 g/mol. The Labute approximate surface area is 74.9 Å². The normalized spacial score (nSPS) is 36.8. The van der Waals surface area contributed by atoms with E-state index >= 15 is 0 Å². The summed E-state index contributed by atoms with van der Waals surface area (Å²) in [5.41, 5.74) is 0. The molecule has 72 valence electrons. The number of aliphatic hydroxyl groups is 1. The molecule has 0 radical (unpaired) electrons. The highest BCUT2D eigenvalue weighted by Crippen LogP contribution is 2.30. The Hall–Kier alpha value is -0.0800. The van der Waals surface area contributed by atoms with Crippen LogP contribution in [0.3, 0.4) is 0 Å². The molecule has 1 fully saturated rings. The number of ether oxygens (including phenoxy) is 1. The molecule has 0 aliphatic heterocycles. The van der Waals surface area contributed by atoms with Gasteiger partial charge in [0.2, 0.25) is 0 Å². The van der Waals surface area contributed by atoms with Crippen LogP contribution in [0, 0.1) is 11.8 Å². The summed E-state index contributed by atoms with van der Waals surface area (Å²) in [6, 6.07) is 0. The summed E-state index contributed by atoms with van der Waals surface area (Å²) in [5.74, 6) is 1.58. The van der Waals surface area contributed by atoms with Gasteiger partial charge in [-0.05, 0) is 31.1 Å². The van der Waals surface area contributed by atoms with Gasteiger partial charge >= 0.3 is 0 Å². The first-order valence-electron chi connectivity index (χ1n) is 4.94. The summed E-state index contributed by atoms with van der Waals surface area (Å²) in [7, 11) is 0. The van der Waals surface area contributed by atoms with E-state index in [2.05, 4.69) is 13.8 Å². The Morgan fingerprint density at radius 3 is 2.25 bits per heavy atom. The zero-order chi connectivity index (χ0) is 8.97. The molecule has 2 nitrogen and oxygen atoms in total. The van der Waals surface area contributed by atoms with Crippen LogP contribution >= 0.6 is 0 Å². The minimum Gasteiger partial charge on any atom is -0.394 e. The first kappa shape index (κ1) is 10.0. The van der Waals surface area contributed by atoms with E-state index in [1.807, 2.05) is 0 Å². The Balaban J connectivity index is 2.24. The minimum absolute atomic E-state index is 0.152. The molecule has 12 heavy (non-hydrogen) atoms. The summed E-state index contributed by atoms with van der Waals surface area (Å²) in [4.78, 5) is 0. The highest BCUT2D eigenvalue weighted by Gasteiger charge is 2.23. The van der Waals surface area contributed by atoms with E-state index in [1.165, 1.54) is 19.3 Å². The third-order valence-electron chi connectivity index (χ3n) is 2.58. The van der Waals surface area contributed by atoms with Gasteiger partial charge in [0.05, 0.1) is 19.3 Å². The van der Waals surface area contributed by atoms with Crippen molar-refractivity contribution in [2.24, 2.45) is 11.8 Å². The number of aliphatic hydroxyl groups excluding tert-OH is 1. The van der Waals surface area contributed by atoms with Gasteiger partial charge in [0.25, 0.3) is 0 Å². The topological polar surface area (TPSA) is 29.5 Å². The molecule has 0 aromatic heterocycles. The largest absolute Gasteiger partial charge is 0.394 e. The van der Waals surface area contributed by atoms with Crippen LogP contribution in [-0.4, -0.2) is 24.4 Å². The quantitative estimate of drug-likeness (QED) is 0.703. The predicted octanol–water partition coefficient (Wildman–Crippen LogP) is 1.82. The van der Waals surface area contributed by atoms with Gasteiger partial charge in [-0.15, -0.1) is 0 Å². The van der Waals surface area contributed by atoms with Gasteiger partial charge in [0.15, 0.2) is 0 Å². The zero-order valence-corrected chi connectivity index (χ0v) is 8.12. The highest BCUT2D eigenvalue weighted by atomic mass is 16.5. The van der Waals surface area contributed by atoms with Crippen molar-refractivity contribution in [1.29, 1.82) is 0 Å². The van der Waals surface area contributed by atoms with Crippen molar-refractivity contribution in [3.05, 3.63) is 0 Å². The second-order valence-electron chi connectivity index (χ2n) is 4.13. The van der Waals surface area contributed by atoms with Gasteiger partial charge in [-0.25, -0.2) is 0 Å². The maximum Gasteiger partial charge on any atom is 0.0701 e. The van der Waals surface area contributed by atoms with Crippen molar-refractivity contribution in [2.75, 3.05) is 13.2 Å². The zero-order valence-electron chi connectivity index (χ0n) is 8.12. The van der Waals surface area contributed by atoms with Crippen LogP contribution in [0.1, 0.15) is 33.1 Å². The first-order chi connectivity index (χ1) is 5.72. The van der Waals surface area contributed by atoms with E-state index in [4.69, 9.17) is 9.84 Å². The van der Waals surface area contributed by atoms with Gasteiger partial charge in [-0.3, -0.25) is 0 Å². The molecule has 0 aromatic rings. The summed E-state index contributed by atoms with van der Waals surface area (Å²) in [6.07, 6.45) is 4.07. The van der Waals surface area contributed by atoms with Crippen molar-refractivity contribution in [3.8, 4) is 0 Å². The van der Waals surface area contributed by atoms with Gasteiger partial charge in [0.1, 0.15) is 0 Å². The Kier molecular flexibility index (Phi) is 4.02. The number of hydrogen-bond acceptors (Lipinski definition) is 2. The molecule has 0 amide bonds. The summed E-state index contributed by atoms with van der Waals surface area (Å²) >= 11 is 0. The van der Waals surface area contributed by atoms with Gasteiger partial charge in [-0.1, -0.05) is 13.8 Å². The fourth-order valence-corrected chi connectivity index (χ4v) is 2.23. The van der Waals surface area contributed by atoms with Crippen LogP contribution in [0.15, 0.2) is 0 Å². The monoisotopic (exact) mass is 172 g/mol. The third kappa shape index (κ3) is 3.11. The second kappa shape index (κ2) is 4.83. The molecule has 0 bridgehead atoms. The van der Waals surface area contributed by atoms with Crippen LogP contribution in [0.4, 0.5) is 0 Å². The molecule has 1 saturated carbocycles. The first-order valence-corrected chi connectivity index (χ1v) is 4.94. The third-order valence-corrected chi connectivity index (χ3v) is 2.58. The molecule has 0 saturated heterocycles. The molecular formula is C10H20O2. The number of rotatable bonds is 3. The minimum atomic E-state index is 0.152. The summed E-state index contributed by atoms with van der Waals surface area (Å²) in [6.45, 7) is 5.22. The standard InChI is InChI=1S/C10H20O2/c1-8-5-9(2)7-10(6-8)12-4-3-11/h8-11H,3-7H2,1-2H3. The van der Waals surface area contributed by atoms with Crippen molar-refractivity contribution in [1.82, 2.24) is 0 Å². The van der Waals surface area contributed by atoms with E-state index in [0.29, 0.717) is 12.7 Å². The van der Waals surface area contributed by atoms with Crippen LogP contribution in [0.25, 0.3) is 0 Å². The van der Waals surface area contributed by atoms with E-state index < -0.39 is 0 Å². The molecule has 0 heterocycles. The lowest BCUT2D eigenvalue weighted by Gasteiger charge is -2.31. The highest BCUT2D eigenvalue weighted by molar-refractivity contribution is 4.74. The molecule has 1 aliphatic carbocycles. The van der Waals surface area contributed by atoms with E-state index in [0.717, 1.165) is 11.8 Å². The lowest BCUT2D eigenvalue weighted by Crippen LogP contribution is -2.27. The summed E-state index contributed by atoms with van der Waals surface area (Å²) < 4.78 is 5.52. The van der Waals surface area contributed by atoms with Gasteiger partial charge in [0, 0.05) is 0 Å². The molecule has 1 rings (SSSR count). The average Bonchev–Trinajstić information content (AvgIpc) is 1.99. The van der Waals surface area contributed by atoms with Crippen LogP contribution < -0.4 is 0 Å². The molecular weight excluding hydrogens is 152 g/mol. The van der Waals surface area contributed by atoms with Gasteiger partial charge in [-0.2, -0.15) is 0 Å². The van der Waals surface area contributed by atoms with Crippen molar-refractivity contribution in [3.63, 3.8) is 0 Å². The van der Waals surface area contributed by atoms with Crippen LogP contribution in [0.5, 0.6) is 0 Å². The SMILES string of the molecule is CC1CC(C)CC(OCCO)C1. The molecule has 2 heteroatoms. The van der Waals surface area contributed by atoms with Crippen molar-refractivity contribution < 1.29 is 9.84 Å². The molecule has 1 N–H and O–H groups in total.